The zero-order valence-corrected chi connectivity index (χ0v) is 14.9. The molecule has 0 aromatic carbocycles. The first kappa shape index (κ1) is 21.4. The fourth-order valence-electron chi connectivity index (χ4n) is 2.18. The summed E-state index contributed by atoms with van der Waals surface area (Å²) in [5.41, 5.74) is 0. The maximum Gasteiger partial charge on any atom is 0.188 e. The number of hydrogen-bond donors (Lipinski definition) is 0. The largest absolute Gasteiger partial charge is 0.475 e. The van der Waals surface area contributed by atoms with Gasteiger partial charge in [0.15, 0.2) is 13.1 Å². The normalized spacial score (nSPS) is 11.6. The Balaban J connectivity index is 3.13. The van der Waals surface area contributed by atoms with Gasteiger partial charge in [-0.05, 0) is 18.9 Å². The Labute approximate surface area is 137 Å². The highest BCUT2D eigenvalue weighted by Gasteiger charge is 2.01. The van der Waals surface area contributed by atoms with E-state index in [4.69, 9.17) is 18.9 Å². The van der Waals surface area contributed by atoms with Crippen LogP contribution in [0, 0.1) is 0 Å². The highest BCUT2D eigenvalue weighted by atomic mass is 16.7. The van der Waals surface area contributed by atoms with Gasteiger partial charge in [0.1, 0.15) is 0 Å². The van der Waals surface area contributed by atoms with Crippen LogP contribution in [0.5, 0.6) is 0 Å². The third-order valence-electron chi connectivity index (χ3n) is 3.58. The van der Waals surface area contributed by atoms with Crippen molar-refractivity contribution < 1.29 is 18.9 Å². The van der Waals surface area contributed by atoms with E-state index in [9.17, 15) is 0 Å². The summed E-state index contributed by atoms with van der Waals surface area (Å²) in [6.45, 7) is 3.38. The average molecular weight is 316 g/mol. The van der Waals surface area contributed by atoms with E-state index < -0.39 is 0 Å². The molecule has 0 fully saturated rings. The lowest BCUT2D eigenvalue weighted by Crippen LogP contribution is -2.11. The molecule has 0 unspecified atom stereocenters. The molecule has 0 radical (unpaired) electrons. The Kier molecular flexibility index (Phi) is 18.0. The first-order valence-corrected chi connectivity index (χ1v) is 8.75. The second-order valence-corrected chi connectivity index (χ2v) is 5.52. The first-order chi connectivity index (χ1) is 10.8. The number of rotatable bonds is 17. The molecule has 4 nitrogen and oxygen atoms in total. The van der Waals surface area contributed by atoms with Gasteiger partial charge in [0, 0.05) is 20.6 Å². The van der Waals surface area contributed by atoms with Crippen LogP contribution in [0.1, 0.15) is 71.1 Å². The summed E-state index contributed by atoms with van der Waals surface area (Å²) >= 11 is 0. The molecule has 0 heterocycles. The van der Waals surface area contributed by atoms with Crippen molar-refractivity contribution in [3.8, 4) is 0 Å². The van der Waals surface area contributed by atoms with E-state index in [0.717, 1.165) is 25.9 Å². The molecule has 0 aliphatic carbocycles. The van der Waals surface area contributed by atoms with Gasteiger partial charge in [-0.25, -0.2) is 0 Å². The fraction of sp³-hybridized carbons (Fsp3) is 0.889. The lowest BCUT2D eigenvalue weighted by molar-refractivity contribution is -0.105. The van der Waals surface area contributed by atoms with E-state index in [1.54, 1.807) is 20.5 Å². The summed E-state index contributed by atoms with van der Waals surface area (Å²) < 4.78 is 20.9. The van der Waals surface area contributed by atoms with Gasteiger partial charge in [0.2, 0.25) is 0 Å². The van der Waals surface area contributed by atoms with Crippen LogP contribution in [-0.4, -0.2) is 33.9 Å². The molecule has 4 heteroatoms. The number of methoxy groups -OCH3 is 2. The number of hydrogen-bond acceptors (Lipinski definition) is 4. The van der Waals surface area contributed by atoms with Gasteiger partial charge < -0.3 is 18.9 Å². The Morgan fingerprint density at radius 2 is 1.50 bits per heavy atom. The second kappa shape index (κ2) is 18.5. The lowest BCUT2D eigenvalue weighted by Gasteiger charge is -2.11. The highest BCUT2D eigenvalue weighted by molar-refractivity contribution is 4.73. The zero-order chi connectivity index (χ0) is 16.3. The van der Waals surface area contributed by atoms with Gasteiger partial charge in [0.25, 0.3) is 0 Å². The van der Waals surface area contributed by atoms with E-state index >= 15 is 0 Å². The molecule has 0 atom stereocenters. The maximum atomic E-state index is 5.43. The topological polar surface area (TPSA) is 36.9 Å². The van der Waals surface area contributed by atoms with E-state index in [0.29, 0.717) is 6.79 Å². The monoisotopic (exact) mass is 316 g/mol. The van der Waals surface area contributed by atoms with Gasteiger partial charge in [-0.15, -0.1) is 0 Å². The molecule has 22 heavy (non-hydrogen) atoms. The van der Waals surface area contributed by atoms with Crippen LogP contribution in [0.3, 0.4) is 0 Å². The Morgan fingerprint density at radius 1 is 0.864 bits per heavy atom. The van der Waals surface area contributed by atoms with Crippen molar-refractivity contribution >= 4 is 0 Å². The van der Waals surface area contributed by atoms with Crippen molar-refractivity contribution in [1.29, 1.82) is 0 Å². The van der Waals surface area contributed by atoms with Crippen LogP contribution in [0.4, 0.5) is 0 Å². The molecule has 0 spiro atoms. The number of allylic oxidation sites excluding steroid dienone is 1. The van der Waals surface area contributed by atoms with Crippen molar-refractivity contribution in [1.82, 2.24) is 0 Å². The minimum atomic E-state index is -0.136. The van der Waals surface area contributed by atoms with Crippen LogP contribution in [-0.2, 0) is 18.9 Å². The molecule has 0 aliphatic heterocycles. The van der Waals surface area contributed by atoms with E-state index in [2.05, 4.69) is 6.92 Å². The number of unbranched alkanes of at least 4 members (excludes halogenated alkanes) is 7. The van der Waals surface area contributed by atoms with Crippen molar-refractivity contribution in [2.75, 3.05) is 27.6 Å². The molecule has 0 saturated heterocycles. The van der Waals surface area contributed by atoms with E-state index in [1.165, 1.54) is 44.9 Å². The first-order valence-electron chi connectivity index (χ1n) is 8.75. The summed E-state index contributed by atoms with van der Waals surface area (Å²) in [4.78, 5) is 0. The second-order valence-electron chi connectivity index (χ2n) is 5.52. The molecule has 0 aromatic heterocycles. The minimum Gasteiger partial charge on any atom is -0.475 e. The minimum absolute atomic E-state index is 0.136. The van der Waals surface area contributed by atoms with Gasteiger partial charge in [-0.2, -0.15) is 0 Å². The molecule has 0 N–H and O–H groups in total. The molecule has 0 saturated carbocycles. The summed E-state index contributed by atoms with van der Waals surface area (Å²) in [5, 5.41) is 0. The zero-order valence-electron chi connectivity index (χ0n) is 14.9. The molecule has 0 rings (SSSR count). The van der Waals surface area contributed by atoms with Crippen molar-refractivity contribution in [2.24, 2.45) is 0 Å². The van der Waals surface area contributed by atoms with Crippen LogP contribution in [0.15, 0.2) is 12.3 Å². The summed E-state index contributed by atoms with van der Waals surface area (Å²) in [5.74, 6) is 0. The van der Waals surface area contributed by atoms with Gasteiger partial charge >= 0.3 is 0 Å². The maximum absolute atomic E-state index is 5.43. The lowest BCUT2D eigenvalue weighted by atomic mass is 10.1. The molecule has 0 aromatic rings. The predicted molar refractivity (Wildman–Crippen MR) is 90.7 cm³/mol. The molecule has 0 amide bonds. The predicted octanol–water partition coefficient (Wildman–Crippen LogP) is 5.03. The molecule has 132 valence electrons. The molecule has 0 aliphatic rings. The third-order valence-corrected chi connectivity index (χ3v) is 3.58. The van der Waals surface area contributed by atoms with Gasteiger partial charge in [-0.3, -0.25) is 0 Å². The van der Waals surface area contributed by atoms with Gasteiger partial charge in [-0.1, -0.05) is 51.9 Å². The van der Waals surface area contributed by atoms with Crippen LogP contribution in [0.2, 0.25) is 0 Å². The molecular formula is C18H36O4. The summed E-state index contributed by atoms with van der Waals surface area (Å²) in [6, 6.07) is 0. The Morgan fingerprint density at radius 3 is 2.14 bits per heavy atom. The van der Waals surface area contributed by atoms with E-state index in [1.807, 2.05) is 6.08 Å². The van der Waals surface area contributed by atoms with E-state index in [-0.39, 0.29) is 6.29 Å². The van der Waals surface area contributed by atoms with Crippen LogP contribution in [0.25, 0.3) is 0 Å². The average Bonchev–Trinajstić information content (AvgIpc) is 2.55. The number of ether oxygens (including phenoxy) is 4. The van der Waals surface area contributed by atoms with Crippen LogP contribution >= 0.6 is 0 Å². The molecule has 0 bridgehead atoms. The van der Waals surface area contributed by atoms with Crippen molar-refractivity contribution in [3.05, 3.63) is 12.3 Å². The SMILES string of the molecule is CCCCCCCCCCOCOC=CCCC(OC)OC. The van der Waals surface area contributed by atoms with Gasteiger partial charge in [0.05, 0.1) is 12.9 Å². The summed E-state index contributed by atoms with van der Waals surface area (Å²) in [6.07, 6.45) is 15.8. The third kappa shape index (κ3) is 15.8. The molecular weight excluding hydrogens is 280 g/mol. The van der Waals surface area contributed by atoms with Crippen molar-refractivity contribution in [2.45, 2.75) is 77.4 Å². The smallest absolute Gasteiger partial charge is 0.188 e. The quantitative estimate of drug-likeness (QED) is 0.214. The summed E-state index contributed by atoms with van der Waals surface area (Å²) in [7, 11) is 3.29. The highest BCUT2D eigenvalue weighted by Crippen LogP contribution is 2.08. The van der Waals surface area contributed by atoms with Crippen LogP contribution < -0.4 is 0 Å². The van der Waals surface area contributed by atoms with Crippen molar-refractivity contribution in [3.63, 3.8) is 0 Å². The fourth-order valence-corrected chi connectivity index (χ4v) is 2.18. The Bertz CT molecular complexity index is 227. The Hall–Kier alpha value is -0.580. The standard InChI is InChI=1S/C18H36O4/c1-4-5-6-7-8-9-10-12-15-21-17-22-16-13-11-14-18(19-2)20-3/h13,16,18H,4-12,14-15,17H2,1-3H3.